The molecule has 1 atom stereocenters. The summed E-state index contributed by atoms with van der Waals surface area (Å²) in [7, 11) is 3.18. The van der Waals surface area contributed by atoms with Crippen LogP contribution in [-0.2, 0) is 11.2 Å². The molecule has 0 saturated carbocycles. The van der Waals surface area contributed by atoms with Crippen molar-refractivity contribution in [3.05, 3.63) is 59.7 Å². The fourth-order valence-electron chi connectivity index (χ4n) is 2.83. The Morgan fingerprint density at radius 3 is 2.25 bits per heavy atom. The van der Waals surface area contributed by atoms with Gasteiger partial charge in [-0.2, -0.15) is 0 Å². The summed E-state index contributed by atoms with van der Waals surface area (Å²) >= 11 is 0. The minimum atomic E-state index is -0.599. The van der Waals surface area contributed by atoms with Crippen LogP contribution in [0.15, 0.2) is 48.5 Å². The van der Waals surface area contributed by atoms with E-state index in [1.165, 1.54) is 0 Å². The van der Waals surface area contributed by atoms with E-state index in [0.717, 1.165) is 5.56 Å². The Kier molecular flexibility index (Phi) is 7.87. The number of rotatable bonds is 9. The van der Waals surface area contributed by atoms with Crippen LogP contribution in [0.3, 0.4) is 0 Å². The Balaban J connectivity index is 1.93. The van der Waals surface area contributed by atoms with Crippen LogP contribution >= 0.6 is 0 Å². The summed E-state index contributed by atoms with van der Waals surface area (Å²) < 4.78 is 10.5. The summed E-state index contributed by atoms with van der Waals surface area (Å²) in [6, 6.07) is 13.9. The SMILES string of the molecule is COc1ccc(CCNC(=O)C(NC(=O)c2ccccc2)C(C)C)cc1OC. The van der Waals surface area contributed by atoms with Crippen LogP contribution in [-0.4, -0.2) is 38.6 Å². The number of carbonyl (C=O) groups is 2. The van der Waals surface area contributed by atoms with Crippen LogP contribution in [0, 0.1) is 5.92 Å². The van der Waals surface area contributed by atoms with Gasteiger partial charge in [0.2, 0.25) is 5.91 Å². The first kappa shape index (κ1) is 21.3. The van der Waals surface area contributed by atoms with Crippen molar-refractivity contribution in [3.63, 3.8) is 0 Å². The van der Waals surface area contributed by atoms with Crippen molar-refractivity contribution in [2.45, 2.75) is 26.3 Å². The molecule has 0 fully saturated rings. The van der Waals surface area contributed by atoms with Crippen LogP contribution in [0.4, 0.5) is 0 Å². The van der Waals surface area contributed by atoms with E-state index in [4.69, 9.17) is 9.47 Å². The zero-order valence-electron chi connectivity index (χ0n) is 16.8. The maximum Gasteiger partial charge on any atom is 0.251 e. The van der Waals surface area contributed by atoms with Crippen LogP contribution in [0.25, 0.3) is 0 Å². The average molecular weight is 384 g/mol. The normalized spacial score (nSPS) is 11.6. The van der Waals surface area contributed by atoms with E-state index in [1.807, 2.05) is 38.1 Å². The Hall–Kier alpha value is -3.02. The number of benzene rings is 2. The highest BCUT2D eigenvalue weighted by Crippen LogP contribution is 2.27. The zero-order chi connectivity index (χ0) is 20.5. The Labute approximate surface area is 166 Å². The third-order valence-electron chi connectivity index (χ3n) is 4.43. The highest BCUT2D eigenvalue weighted by Gasteiger charge is 2.24. The largest absolute Gasteiger partial charge is 0.493 e. The lowest BCUT2D eigenvalue weighted by Gasteiger charge is -2.22. The number of carbonyl (C=O) groups excluding carboxylic acids is 2. The summed E-state index contributed by atoms with van der Waals surface area (Å²) in [6.45, 7) is 4.27. The van der Waals surface area contributed by atoms with Gasteiger partial charge in [0.25, 0.3) is 5.91 Å². The molecular weight excluding hydrogens is 356 g/mol. The summed E-state index contributed by atoms with van der Waals surface area (Å²) in [5.74, 6) is 0.836. The van der Waals surface area contributed by atoms with Gasteiger partial charge in [0.15, 0.2) is 11.5 Å². The molecule has 6 heteroatoms. The second kappa shape index (κ2) is 10.3. The van der Waals surface area contributed by atoms with Crippen LogP contribution in [0.1, 0.15) is 29.8 Å². The van der Waals surface area contributed by atoms with Crippen molar-refractivity contribution in [1.82, 2.24) is 10.6 Å². The van der Waals surface area contributed by atoms with Gasteiger partial charge in [0.05, 0.1) is 14.2 Å². The molecule has 150 valence electrons. The molecule has 2 amide bonds. The maximum absolute atomic E-state index is 12.6. The quantitative estimate of drug-likeness (QED) is 0.697. The van der Waals surface area contributed by atoms with Gasteiger partial charge in [-0.1, -0.05) is 38.1 Å². The van der Waals surface area contributed by atoms with Gasteiger partial charge in [-0.25, -0.2) is 0 Å². The molecule has 2 aromatic carbocycles. The molecular formula is C22H28N2O4. The molecule has 2 rings (SSSR count). The topological polar surface area (TPSA) is 76.7 Å². The van der Waals surface area contributed by atoms with E-state index in [-0.39, 0.29) is 17.7 Å². The van der Waals surface area contributed by atoms with E-state index in [9.17, 15) is 9.59 Å². The lowest BCUT2D eigenvalue weighted by Crippen LogP contribution is -2.50. The molecule has 0 saturated heterocycles. The predicted octanol–water partition coefficient (Wildman–Crippen LogP) is 2.82. The number of hydrogen-bond donors (Lipinski definition) is 2. The van der Waals surface area contributed by atoms with E-state index >= 15 is 0 Å². The lowest BCUT2D eigenvalue weighted by atomic mass is 10.0. The van der Waals surface area contributed by atoms with Gasteiger partial charge >= 0.3 is 0 Å². The minimum Gasteiger partial charge on any atom is -0.493 e. The summed E-state index contributed by atoms with van der Waals surface area (Å²) in [5, 5.41) is 5.74. The van der Waals surface area contributed by atoms with Crippen molar-refractivity contribution >= 4 is 11.8 Å². The van der Waals surface area contributed by atoms with Gasteiger partial charge in [-0.3, -0.25) is 9.59 Å². The Bertz CT molecular complexity index is 790. The number of amides is 2. The van der Waals surface area contributed by atoms with Crippen molar-refractivity contribution in [3.8, 4) is 11.5 Å². The predicted molar refractivity (Wildman–Crippen MR) is 109 cm³/mol. The van der Waals surface area contributed by atoms with E-state index in [1.54, 1.807) is 38.5 Å². The molecule has 0 aliphatic heterocycles. The van der Waals surface area contributed by atoms with Crippen LogP contribution in [0.5, 0.6) is 11.5 Å². The Morgan fingerprint density at radius 1 is 0.964 bits per heavy atom. The molecule has 2 aromatic rings. The third-order valence-corrected chi connectivity index (χ3v) is 4.43. The third kappa shape index (κ3) is 5.74. The van der Waals surface area contributed by atoms with Crippen molar-refractivity contribution < 1.29 is 19.1 Å². The van der Waals surface area contributed by atoms with Crippen LogP contribution < -0.4 is 20.1 Å². The fourth-order valence-corrected chi connectivity index (χ4v) is 2.83. The monoisotopic (exact) mass is 384 g/mol. The van der Waals surface area contributed by atoms with Gasteiger partial charge in [0, 0.05) is 12.1 Å². The first-order valence-corrected chi connectivity index (χ1v) is 9.30. The van der Waals surface area contributed by atoms with Gasteiger partial charge in [0.1, 0.15) is 6.04 Å². The van der Waals surface area contributed by atoms with Crippen molar-refractivity contribution in [2.24, 2.45) is 5.92 Å². The lowest BCUT2D eigenvalue weighted by molar-refractivity contribution is -0.123. The highest BCUT2D eigenvalue weighted by atomic mass is 16.5. The molecule has 6 nitrogen and oxygen atoms in total. The standard InChI is InChI=1S/C22H28N2O4/c1-15(2)20(24-21(25)17-8-6-5-7-9-17)22(26)23-13-12-16-10-11-18(27-3)19(14-16)28-4/h5-11,14-15,20H,12-13H2,1-4H3,(H,23,26)(H,24,25). The fraction of sp³-hybridized carbons (Fsp3) is 0.364. The highest BCUT2D eigenvalue weighted by molar-refractivity contribution is 5.97. The minimum absolute atomic E-state index is 0.0336. The summed E-state index contributed by atoms with van der Waals surface area (Å²) in [6.07, 6.45) is 0.642. The molecule has 0 aromatic heterocycles. The summed E-state index contributed by atoms with van der Waals surface area (Å²) in [5.41, 5.74) is 1.55. The van der Waals surface area contributed by atoms with Gasteiger partial charge in [-0.15, -0.1) is 0 Å². The number of nitrogens with one attached hydrogen (secondary N) is 2. The first-order valence-electron chi connectivity index (χ1n) is 9.30. The number of hydrogen-bond acceptors (Lipinski definition) is 4. The molecule has 1 unspecified atom stereocenters. The van der Waals surface area contributed by atoms with E-state index < -0.39 is 6.04 Å². The Morgan fingerprint density at radius 2 is 1.64 bits per heavy atom. The van der Waals surface area contributed by atoms with Gasteiger partial charge < -0.3 is 20.1 Å². The molecule has 0 radical (unpaired) electrons. The number of ether oxygens (including phenoxy) is 2. The van der Waals surface area contributed by atoms with Crippen LogP contribution in [0.2, 0.25) is 0 Å². The molecule has 0 bridgehead atoms. The van der Waals surface area contributed by atoms with Crippen molar-refractivity contribution in [1.29, 1.82) is 0 Å². The molecule has 0 aliphatic rings. The average Bonchev–Trinajstić information content (AvgIpc) is 2.71. The molecule has 0 aliphatic carbocycles. The summed E-state index contributed by atoms with van der Waals surface area (Å²) in [4.78, 5) is 25.0. The zero-order valence-corrected chi connectivity index (χ0v) is 16.8. The molecule has 0 heterocycles. The molecule has 28 heavy (non-hydrogen) atoms. The molecule has 2 N–H and O–H groups in total. The van der Waals surface area contributed by atoms with Gasteiger partial charge in [-0.05, 0) is 42.2 Å². The maximum atomic E-state index is 12.6. The number of methoxy groups -OCH3 is 2. The van der Waals surface area contributed by atoms with E-state index in [2.05, 4.69) is 10.6 Å². The first-order chi connectivity index (χ1) is 13.5. The van der Waals surface area contributed by atoms with Crippen molar-refractivity contribution in [2.75, 3.05) is 20.8 Å². The second-order valence-electron chi connectivity index (χ2n) is 6.79. The smallest absolute Gasteiger partial charge is 0.251 e. The second-order valence-corrected chi connectivity index (χ2v) is 6.79. The van der Waals surface area contributed by atoms with E-state index in [0.29, 0.717) is 30.0 Å². The molecule has 0 spiro atoms.